The molecule has 0 radical (unpaired) electrons. The molecule has 1 heterocycles. The summed E-state index contributed by atoms with van der Waals surface area (Å²) in [7, 11) is 0. The molecule has 0 aliphatic carbocycles. The maximum atomic E-state index is 5.37. The fourth-order valence-corrected chi connectivity index (χ4v) is 0.784. The van der Waals surface area contributed by atoms with Crippen molar-refractivity contribution in [2.45, 2.75) is 13.5 Å². The number of hydrogen-bond donors (Lipinski definition) is 1. The SMILES string of the molecule is CCOc1ccc(CN)nc1. The molecule has 0 spiro atoms. The summed E-state index contributed by atoms with van der Waals surface area (Å²) in [5, 5.41) is 0. The van der Waals surface area contributed by atoms with Crippen molar-refractivity contribution < 1.29 is 4.74 Å². The molecule has 0 bridgehead atoms. The normalized spacial score (nSPS) is 9.64. The zero-order valence-electron chi connectivity index (χ0n) is 6.58. The van der Waals surface area contributed by atoms with Gasteiger partial charge >= 0.3 is 0 Å². The highest BCUT2D eigenvalue weighted by Crippen LogP contribution is 2.07. The Morgan fingerprint density at radius 3 is 2.82 bits per heavy atom. The van der Waals surface area contributed by atoms with Crippen LogP contribution in [0.2, 0.25) is 0 Å². The van der Waals surface area contributed by atoms with Crippen LogP contribution < -0.4 is 10.5 Å². The van der Waals surface area contributed by atoms with Gasteiger partial charge in [-0.3, -0.25) is 4.98 Å². The number of pyridine rings is 1. The molecule has 0 aliphatic rings. The molecule has 0 aliphatic heterocycles. The highest BCUT2D eigenvalue weighted by molar-refractivity contribution is 5.19. The van der Waals surface area contributed by atoms with Gasteiger partial charge in [-0.25, -0.2) is 0 Å². The molecule has 0 fully saturated rings. The van der Waals surface area contributed by atoms with Crippen LogP contribution in [0.3, 0.4) is 0 Å². The van der Waals surface area contributed by atoms with Gasteiger partial charge in [-0.05, 0) is 19.1 Å². The minimum atomic E-state index is 0.479. The molecule has 0 aromatic carbocycles. The molecule has 11 heavy (non-hydrogen) atoms. The van der Waals surface area contributed by atoms with Gasteiger partial charge in [-0.1, -0.05) is 0 Å². The lowest BCUT2D eigenvalue weighted by Crippen LogP contribution is -1.99. The lowest BCUT2D eigenvalue weighted by Gasteiger charge is -2.01. The van der Waals surface area contributed by atoms with Crippen LogP contribution in [0.25, 0.3) is 0 Å². The van der Waals surface area contributed by atoms with Crippen molar-refractivity contribution in [1.82, 2.24) is 4.98 Å². The molecule has 0 saturated carbocycles. The van der Waals surface area contributed by atoms with E-state index >= 15 is 0 Å². The fraction of sp³-hybridized carbons (Fsp3) is 0.375. The standard InChI is InChI=1S/C8H12N2O/c1-2-11-8-4-3-7(5-9)10-6-8/h3-4,6H,2,5,9H2,1H3. The highest BCUT2D eigenvalue weighted by Gasteiger charge is 1.92. The molecule has 0 unspecified atom stereocenters. The lowest BCUT2D eigenvalue weighted by atomic mass is 10.3. The minimum absolute atomic E-state index is 0.479. The van der Waals surface area contributed by atoms with E-state index in [1.54, 1.807) is 6.20 Å². The zero-order valence-corrected chi connectivity index (χ0v) is 6.58. The van der Waals surface area contributed by atoms with Gasteiger partial charge in [-0.15, -0.1) is 0 Å². The summed E-state index contributed by atoms with van der Waals surface area (Å²) in [5.74, 6) is 0.796. The van der Waals surface area contributed by atoms with Gasteiger partial charge in [0.25, 0.3) is 0 Å². The number of ether oxygens (including phenoxy) is 1. The van der Waals surface area contributed by atoms with Gasteiger partial charge in [0.1, 0.15) is 5.75 Å². The monoisotopic (exact) mass is 152 g/mol. The Morgan fingerprint density at radius 1 is 1.55 bits per heavy atom. The van der Waals surface area contributed by atoms with Gasteiger partial charge < -0.3 is 10.5 Å². The Morgan fingerprint density at radius 2 is 2.36 bits per heavy atom. The molecular formula is C8H12N2O. The Balaban J connectivity index is 2.66. The molecule has 1 aromatic rings. The molecule has 0 amide bonds. The third-order valence-electron chi connectivity index (χ3n) is 1.32. The highest BCUT2D eigenvalue weighted by atomic mass is 16.5. The maximum absolute atomic E-state index is 5.37. The van der Waals surface area contributed by atoms with E-state index < -0.39 is 0 Å². The van der Waals surface area contributed by atoms with Crippen LogP contribution in [-0.2, 0) is 6.54 Å². The summed E-state index contributed by atoms with van der Waals surface area (Å²) in [6, 6.07) is 3.74. The largest absolute Gasteiger partial charge is 0.492 e. The van der Waals surface area contributed by atoms with Gasteiger partial charge in [0.05, 0.1) is 18.5 Å². The Bertz CT molecular complexity index is 208. The summed E-state index contributed by atoms with van der Waals surface area (Å²) >= 11 is 0. The van der Waals surface area contributed by atoms with E-state index in [2.05, 4.69) is 4.98 Å². The Labute approximate surface area is 66.2 Å². The molecular weight excluding hydrogens is 140 g/mol. The first-order valence-corrected chi connectivity index (χ1v) is 3.64. The molecule has 1 rings (SSSR count). The van der Waals surface area contributed by atoms with Crippen molar-refractivity contribution >= 4 is 0 Å². The van der Waals surface area contributed by atoms with Crippen LogP contribution in [0.1, 0.15) is 12.6 Å². The van der Waals surface area contributed by atoms with Crippen molar-refractivity contribution in [2.24, 2.45) is 5.73 Å². The molecule has 3 heteroatoms. The Kier molecular flexibility index (Phi) is 2.86. The topological polar surface area (TPSA) is 48.1 Å². The number of nitrogens with zero attached hydrogens (tertiary/aromatic N) is 1. The van der Waals surface area contributed by atoms with Crippen LogP contribution in [0.15, 0.2) is 18.3 Å². The van der Waals surface area contributed by atoms with E-state index in [4.69, 9.17) is 10.5 Å². The molecule has 0 atom stereocenters. The lowest BCUT2D eigenvalue weighted by molar-refractivity contribution is 0.338. The first-order valence-electron chi connectivity index (χ1n) is 3.64. The van der Waals surface area contributed by atoms with Crippen molar-refractivity contribution in [3.05, 3.63) is 24.0 Å². The average molecular weight is 152 g/mol. The minimum Gasteiger partial charge on any atom is -0.492 e. The van der Waals surface area contributed by atoms with E-state index in [0.717, 1.165) is 11.4 Å². The first-order chi connectivity index (χ1) is 5.36. The van der Waals surface area contributed by atoms with Crippen molar-refractivity contribution in [2.75, 3.05) is 6.61 Å². The first kappa shape index (κ1) is 8.01. The predicted molar refractivity (Wildman–Crippen MR) is 43.3 cm³/mol. The van der Waals surface area contributed by atoms with Gasteiger partial charge in [0, 0.05) is 6.54 Å². The third kappa shape index (κ3) is 2.20. The second kappa shape index (κ2) is 3.93. The van der Waals surface area contributed by atoms with E-state index in [0.29, 0.717) is 13.2 Å². The second-order valence-electron chi connectivity index (χ2n) is 2.12. The molecule has 60 valence electrons. The van der Waals surface area contributed by atoms with Crippen molar-refractivity contribution in [1.29, 1.82) is 0 Å². The van der Waals surface area contributed by atoms with E-state index in [-0.39, 0.29) is 0 Å². The van der Waals surface area contributed by atoms with Crippen LogP contribution >= 0.6 is 0 Å². The zero-order chi connectivity index (χ0) is 8.10. The molecule has 1 aromatic heterocycles. The summed E-state index contributed by atoms with van der Waals surface area (Å²) in [6.45, 7) is 3.09. The molecule has 0 saturated heterocycles. The van der Waals surface area contributed by atoms with Crippen molar-refractivity contribution in [3.63, 3.8) is 0 Å². The predicted octanol–water partition coefficient (Wildman–Crippen LogP) is 0.939. The average Bonchev–Trinajstić information content (AvgIpc) is 2.07. The molecule has 3 nitrogen and oxygen atoms in total. The fourth-order valence-electron chi connectivity index (χ4n) is 0.784. The Hall–Kier alpha value is -1.09. The van der Waals surface area contributed by atoms with Crippen LogP contribution in [-0.4, -0.2) is 11.6 Å². The van der Waals surface area contributed by atoms with Crippen LogP contribution in [0, 0.1) is 0 Å². The second-order valence-corrected chi connectivity index (χ2v) is 2.12. The summed E-state index contributed by atoms with van der Waals surface area (Å²) in [6.07, 6.45) is 1.69. The van der Waals surface area contributed by atoms with Crippen molar-refractivity contribution in [3.8, 4) is 5.75 Å². The number of nitrogens with two attached hydrogens (primary N) is 1. The number of rotatable bonds is 3. The summed E-state index contributed by atoms with van der Waals surface area (Å²) < 4.78 is 5.20. The van der Waals surface area contributed by atoms with E-state index in [1.165, 1.54) is 0 Å². The summed E-state index contributed by atoms with van der Waals surface area (Å²) in [5.41, 5.74) is 6.25. The number of aromatic nitrogens is 1. The van der Waals surface area contributed by atoms with Gasteiger partial charge in [0.15, 0.2) is 0 Å². The van der Waals surface area contributed by atoms with Crippen LogP contribution in [0.4, 0.5) is 0 Å². The number of hydrogen-bond acceptors (Lipinski definition) is 3. The quantitative estimate of drug-likeness (QED) is 0.701. The third-order valence-corrected chi connectivity index (χ3v) is 1.32. The van der Waals surface area contributed by atoms with Gasteiger partial charge in [-0.2, -0.15) is 0 Å². The van der Waals surface area contributed by atoms with Gasteiger partial charge in [0.2, 0.25) is 0 Å². The smallest absolute Gasteiger partial charge is 0.137 e. The summed E-state index contributed by atoms with van der Waals surface area (Å²) in [4.78, 5) is 4.07. The maximum Gasteiger partial charge on any atom is 0.137 e. The van der Waals surface area contributed by atoms with Crippen LogP contribution in [0.5, 0.6) is 5.75 Å². The van der Waals surface area contributed by atoms with E-state index in [1.807, 2.05) is 19.1 Å². The molecule has 2 N–H and O–H groups in total. The van der Waals surface area contributed by atoms with E-state index in [9.17, 15) is 0 Å².